The van der Waals surface area contributed by atoms with Crippen molar-refractivity contribution in [2.75, 3.05) is 26.2 Å². The number of hydrogen-bond donors (Lipinski definition) is 1. The molecule has 2 rings (SSSR count). The number of aryl methyl sites for hydroxylation is 1. The van der Waals surface area contributed by atoms with E-state index in [1.54, 1.807) is 13.0 Å². The van der Waals surface area contributed by atoms with Gasteiger partial charge in [0.2, 0.25) is 0 Å². The van der Waals surface area contributed by atoms with Crippen LogP contribution < -0.4 is 5.73 Å². The fourth-order valence-corrected chi connectivity index (χ4v) is 2.84. The summed E-state index contributed by atoms with van der Waals surface area (Å²) in [6.45, 7) is 7.41. The normalized spacial score (nSPS) is 18.9. The van der Waals surface area contributed by atoms with Gasteiger partial charge in [-0.2, -0.15) is 0 Å². The summed E-state index contributed by atoms with van der Waals surface area (Å²) in [5.74, 6) is -0.112. The number of nitrogens with zero attached hydrogens (tertiary/aromatic N) is 1. The third-order valence-corrected chi connectivity index (χ3v) is 4.40. The lowest BCUT2D eigenvalue weighted by atomic mass is 10.0. The van der Waals surface area contributed by atoms with Gasteiger partial charge >= 0.3 is 0 Å². The molecule has 0 amide bonds. The Morgan fingerprint density at radius 3 is 2.71 bits per heavy atom. The highest BCUT2D eigenvalue weighted by Gasteiger charge is 2.24. The summed E-state index contributed by atoms with van der Waals surface area (Å²) in [6.07, 6.45) is 3.38. The van der Waals surface area contributed by atoms with Crippen LogP contribution in [0.25, 0.3) is 0 Å². The van der Waals surface area contributed by atoms with Crippen LogP contribution in [0.15, 0.2) is 18.2 Å². The van der Waals surface area contributed by atoms with E-state index in [9.17, 15) is 4.39 Å². The van der Waals surface area contributed by atoms with Crippen LogP contribution in [-0.2, 0) is 4.74 Å². The van der Waals surface area contributed by atoms with Crippen molar-refractivity contribution in [3.8, 4) is 0 Å². The quantitative estimate of drug-likeness (QED) is 0.820. The van der Waals surface area contributed by atoms with Crippen LogP contribution in [0.5, 0.6) is 0 Å². The maximum absolute atomic E-state index is 13.7. The van der Waals surface area contributed by atoms with E-state index in [0.29, 0.717) is 18.2 Å². The number of ether oxygens (including phenoxy) is 1. The van der Waals surface area contributed by atoms with Gasteiger partial charge in [-0.3, -0.25) is 4.90 Å². The van der Waals surface area contributed by atoms with Crippen molar-refractivity contribution in [2.45, 2.75) is 45.3 Å². The second kappa shape index (κ2) is 7.87. The smallest absolute Gasteiger partial charge is 0.126 e. The first-order valence-electron chi connectivity index (χ1n) is 7.93. The molecule has 21 heavy (non-hydrogen) atoms. The van der Waals surface area contributed by atoms with E-state index >= 15 is 0 Å². The monoisotopic (exact) mass is 294 g/mol. The fourth-order valence-electron chi connectivity index (χ4n) is 2.84. The lowest BCUT2D eigenvalue weighted by Crippen LogP contribution is -2.38. The number of hydrogen-bond acceptors (Lipinski definition) is 3. The molecule has 0 radical (unpaired) electrons. The molecule has 4 heteroatoms. The summed E-state index contributed by atoms with van der Waals surface area (Å²) < 4.78 is 19.5. The van der Waals surface area contributed by atoms with Crippen LogP contribution in [0.1, 0.15) is 43.4 Å². The molecule has 2 N–H and O–H groups in total. The number of piperidine rings is 1. The first-order chi connectivity index (χ1) is 10.1. The van der Waals surface area contributed by atoms with Crippen molar-refractivity contribution in [1.82, 2.24) is 4.90 Å². The zero-order valence-corrected chi connectivity index (χ0v) is 13.1. The summed E-state index contributed by atoms with van der Waals surface area (Å²) in [5.41, 5.74) is 7.24. The predicted molar refractivity (Wildman–Crippen MR) is 83.8 cm³/mol. The molecule has 3 nitrogen and oxygen atoms in total. The molecule has 0 spiro atoms. The molecule has 1 fully saturated rings. The summed E-state index contributed by atoms with van der Waals surface area (Å²) in [7, 11) is 0. The number of nitrogens with two attached hydrogens (primary N) is 1. The van der Waals surface area contributed by atoms with Crippen molar-refractivity contribution < 1.29 is 9.13 Å². The fraction of sp³-hybridized carbons (Fsp3) is 0.647. The molecule has 0 aromatic heterocycles. The molecule has 1 aliphatic heterocycles. The molecule has 118 valence electrons. The summed E-state index contributed by atoms with van der Waals surface area (Å²) in [4.78, 5) is 2.41. The van der Waals surface area contributed by atoms with E-state index in [1.807, 2.05) is 12.1 Å². The SMILES string of the molecule is Cc1ccc(C(C)N2CCC(OCCCN)CC2)cc1F. The highest BCUT2D eigenvalue weighted by Crippen LogP contribution is 2.26. The Bertz CT molecular complexity index is 444. The molecular weight excluding hydrogens is 267 g/mol. The molecule has 1 aromatic rings. The van der Waals surface area contributed by atoms with Gasteiger partial charge in [0.05, 0.1) is 6.10 Å². The van der Waals surface area contributed by atoms with Crippen molar-refractivity contribution in [3.63, 3.8) is 0 Å². The first-order valence-corrected chi connectivity index (χ1v) is 7.93. The molecule has 1 atom stereocenters. The number of rotatable bonds is 6. The molecule has 1 unspecified atom stereocenters. The predicted octanol–water partition coefficient (Wildman–Crippen LogP) is 3.02. The lowest BCUT2D eigenvalue weighted by molar-refractivity contribution is -0.000773. The van der Waals surface area contributed by atoms with Gasteiger partial charge in [-0.05, 0) is 56.8 Å². The van der Waals surface area contributed by atoms with Gasteiger partial charge in [0.1, 0.15) is 5.82 Å². The standard InChI is InChI=1S/C17H27FN2O/c1-13-4-5-15(12-17(13)18)14(2)20-9-6-16(7-10-20)21-11-3-8-19/h4-5,12,14,16H,3,6-11,19H2,1-2H3. The highest BCUT2D eigenvalue weighted by molar-refractivity contribution is 5.25. The van der Waals surface area contributed by atoms with E-state index in [0.717, 1.165) is 44.5 Å². The van der Waals surface area contributed by atoms with Gasteiger partial charge in [0, 0.05) is 25.7 Å². The summed E-state index contributed by atoms with van der Waals surface area (Å²) >= 11 is 0. The molecular formula is C17H27FN2O. The van der Waals surface area contributed by atoms with Gasteiger partial charge in [-0.1, -0.05) is 12.1 Å². The van der Waals surface area contributed by atoms with Gasteiger partial charge in [0.25, 0.3) is 0 Å². The van der Waals surface area contributed by atoms with E-state index in [2.05, 4.69) is 11.8 Å². The molecule has 1 aromatic carbocycles. The summed E-state index contributed by atoms with van der Waals surface area (Å²) in [5, 5.41) is 0. The minimum atomic E-state index is -0.112. The second-order valence-corrected chi connectivity index (χ2v) is 5.93. The Labute approximate surface area is 127 Å². The third-order valence-electron chi connectivity index (χ3n) is 4.40. The Kier molecular flexibility index (Phi) is 6.15. The zero-order chi connectivity index (χ0) is 15.2. The Hall–Kier alpha value is -0.970. The van der Waals surface area contributed by atoms with Crippen LogP contribution in [0.4, 0.5) is 4.39 Å². The molecule has 1 aliphatic rings. The van der Waals surface area contributed by atoms with Gasteiger partial charge in [-0.25, -0.2) is 4.39 Å². The van der Waals surface area contributed by atoms with Crippen LogP contribution in [0.3, 0.4) is 0 Å². The van der Waals surface area contributed by atoms with E-state index in [-0.39, 0.29) is 11.9 Å². The lowest BCUT2D eigenvalue weighted by Gasteiger charge is -2.36. The zero-order valence-electron chi connectivity index (χ0n) is 13.1. The largest absolute Gasteiger partial charge is 0.378 e. The molecule has 0 bridgehead atoms. The number of halogens is 1. The molecule has 0 saturated carbocycles. The maximum Gasteiger partial charge on any atom is 0.126 e. The minimum absolute atomic E-state index is 0.112. The topological polar surface area (TPSA) is 38.5 Å². The minimum Gasteiger partial charge on any atom is -0.378 e. The van der Waals surface area contributed by atoms with Gasteiger partial charge in [0.15, 0.2) is 0 Å². The van der Waals surface area contributed by atoms with Crippen molar-refractivity contribution in [3.05, 3.63) is 35.1 Å². The highest BCUT2D eigenvalue weighted by atomic mass is 19.1. The Morgan fingerprint density at radius 2 is 2.10 bits per heavy atom. The van der Waals surface area contributed by atoms with Crippen LogP contribution in [0, 0.1) is 12.7 Å². The van der Waals surface area contributed by atoms with Crippen LogP contribution in [-0.4, -0.2) is 37.2 Å². The maximum atomic E-state index is 13.7. The van der Waals surface area contributed by atoms with E-state index in [1.165, 1.54) is 0 Å². The average molecular weight is 294 g/mol. The average Bonchev–Trinajstić information content (AvgIpc) is 2.50. The van der Waals surface area contributed by atoms with Crippen LogP contribution >= 0.6 is 0 Å². The number of benzene rings is 1. The second-order valence-electron chi connectivity index (χ2n) is 5.93. The van der Waals surface area contributed by atoms with Gasteiger partial charge in [-0.15, -0.1) is 0 Å². The van der Waals surface area contributed by atoms with Crippen molar-refractivity contribution in [2.24, 2.45) is 5.73 Å². The van der Waals surface area contributed by atoms with Gasteiger partial charge < -0.3 is 10.5 Å². The third kappa shape index (κ3) is 4.50. The Balaban J connectivity index is 1.85. The van der Waals surface area contributed by atoms with Crippen molar-refractivity contribution in [1.29, 1.82) is 0 Å². The van der Waals surface area contributed by atoms with E-state index < -0.39 is 0 Å². The van der Waals surface area contributed by atoms with E-state index in [4.69, 9.17) is 10.5 Å². The molecule has 1 saturated heterocycles. The van der Waals surface area contributed by atoms with Crippen LogP contribution in [0.2, 0.25) is 0 Å². The van der Waals surface area contributed by atoms with Crippen molar-refractivity contribution >= 4 is 0 Å². The first kappa shape index (κ1) is 16.4. The Morgan fingerprint density at radius 1 is 1.38 bits per heavy atom. The number of likely N-dealkylation sites (tertiary alicyclic amines) is 1. The summed E-state index contributed by atoms with van der Waals surface area (Å²) in [6, 6.07) is 5.82. The molecule has 1 heterocycles. The molecule has 0 aliphatic carbocycles.